The minimum Gasteiger partial charge on any atom is -0.492 e. The minimum atomic E-state index is -0.636. The number of nitrogens with zero attached hydrogens (tertiary/aromatic N) is 2. The van der Waals surface area contributed by atoms with Crippen molar-refractivity contribution < 1.29 is 9.53 Å². The highest BCUT2D eigenvalue weighted by Crippen LogP contribution is 2.31. The highest BCUT2D eigenvalue weighted by atomic mass is 16.5. The number of rotatable bonds is 10. The zero-order chi connectivity index (χ0) is 25.0. The standard InChI is InChI=1S/C27H33N5O3/c1-18-9-10-19(25(33)30-20-11-12-20)17-22(18)32-15-13-29-24(26(32)34)31-27(2,3)21-7-5-6-8-23(21)35-16-14-28-4/h5-10,13,15,17,20,28H,11-12,14,16H2,1-4H3,(H,29,31)(H,30,33). The number of benzene rings is 2. The molecule has 1 fully saturated rings. The zero-order valence-corrected chi connectivity index (χ0v) is 20.7. The van der Waals surface area contributed by atoms with Gasteiger partial charge in [0, 0.05) is 36.1 Å². The summed E-state index contributed by atoms with van der Waals surface area (Å²) in [4.78, 5) is 30.4. The topological polar surface area (TPSA) is 97.3 Å². The average molecular weight is 476 g/mol. The van der Waals surface area contributed by atoms with E-state index in [2.05, 4.69) is 20.9 Å². The summed E-state index contributed by atoms with van der Waals surface area (Å²) in [6, 6.07) is 13.4. The van der Waals surface area contributed by atoms with Crippen molar-refractivity contribution in [1.29, 1.82) is 0 Å². The maximum absolute atomic E-state index is 13.5. The van der Waals surface area contributed by atoms with Crippen LogP contribution in [0.15, 0.2) is 59.7 Å². The molecule has 1 heterocycles. The van der Waals surface area contributed by atoms with E-state index in [0.29, 0.717) is 17.9 Å². The van der Waals surface area contributed by atoms with Gasteiger partial charge < -0.3 is 20.7 Å². The van der Waals surface area contributed by atoms with Gasteiger partial charge in [-0.05, 0) is 64.4 Å². The molecular formula is C27H33N5O3. The summed E-state index contributed by atoms with van der Waals surface area (Å²) in [5.74, 6) is 0.849. The number of ether oxygens (including phenoxy) is 1. The first-order chi connectivity index (χ1) is 16.8. The van der Waals surface area contributed by atoms with Gasteiger partial charge in [0.2, 0.25) is 0 Å². The molecule has 8 heteroatoms. The number of hydrogen-bond donors (Lipinski definition) is 3. The van der Waals surface area contributed by atoms with E-state index in [9.17, 15) is 9.59 Å². The van der Waals surface area contributed by atoms with Gasteiger partial charge in [0.25, 0.3) is 11.5 Å². The third kappa shape index (κ3) is 5.71. The third-order valence-corrected chi connectivity index (χ3v) is 6.09. The maximum atomic E-state index is 13.5. The van der Waals surface area contributed by atoms with E-state index in [1.165, 1.54) is 4.57 Å². The van der Waals surface area contributed by atoms with Crippen molar-refractivity contribution in [3.05, 3.63) is 81.9 Å². The van der Waals surface area contributed by atoms with E-state index in [4.69, 9.17) is 4.74 Å². The number of hydrogen-bond acceptors (Lipinski definition) is 6. The molecule has 1 aliphatic carbocycles. The lowest BCUT2D eigenvalue weighted by Crippen LogP contribution is -2.34. The number of anilines is 1. The number of likely N-dealkylation sites (N-methyl/N-ethyl adjacent to an activating group) is 1. The van der Waals surface area contributed by atoms with Crippen molar-refractivity contribution >= 4 is 11.7 Å². The molecule has 8 nitrogen and oxygen atoms in total. The fourth-order valence-corrected chi connectivity index (χ4v) is 3.93. The Bertz CT molecular complexity index is 1260. The van der Waals surface area contributed by atoms with Crippen LogP contribution in [0.25, 0.3) is 5.69 Å². The molecule has 0 unspecified atom stereocenters. The molecule has 0 spiro atoms. The molecular weight excluding hydrogens is 442 g/mol. The van der Waals surface area contributed by atoms with E-state index in [0.717, 1.165) is 36.3 Å². The minimum absolute atomic E-state index is 0.120. The van der Waals surface area contributed by atoms with Crippen LogP contribution < -0.4 is 26.2 Å². The molecule has 0 radical (unpaired) electrons. The number of carbonyl (C=O) groups excluding carboxylic acids is 1. The van der Waals surface area contributed by atoms with E-state index in [1.807, 2.05) is 58.2 Å². The lowest BCUT2D eigenvalue weighted by molar-refractivity contribution is 0.0951. The molecule has 0 aliphatic heterocycles. The van der Waals surface area contributed by atoms with E-state index < -0.39 is 5.54 Å². The second-order valence-electron chi connectivity index (χ2n) is 9.40. The zero-order valence-electron chi connectivity index (χ0n) is 20.7. The Labute approximate surface area is 205 Å². The summed E-state index contributed by atoms with van der Waals surface area (Å²) in [6.45, 7) is 7.15. The molecule has 2 aromatic carbocycles. The van der Waals surface area contributed by atoms with Gasteiger partial charge in [-0.15, -0.1) is 0 Å². The van der Waals surface area contributed by atoms with Crippen LogP contribution in [0.5, 0.6) is 5.75 Å². The quantitative estimate of drug-likeness (QED) is 0.389. The number of nitrogens with one attached hydrogen (secondary N) is 3. The van der Waals surface area contributed by atoms with Crippen LogP contribution in [-0.2, 0) is 5.54 Å². The number of aryl methyl sites for hydroxylation is 1. The molecule has 0 atom stereocenters. The Hall–Kier alpha value is -3.65. The van der Waals surface area contributed by atoms with E-state index >= 15 is 0 Å². The molecule has 0 bridgehead atoms. The van der Waals surface area contributed by atoms with Crippen LogP contribution in [-0.4, -0.2) is 41.7 Å². The number of carbonyl (C=O) groups is 1. The van der Waals surface area contributed by atoms with Crippen LogP contribution in [0.4, 0.5) is 5.82 Å². The first-order valence-electron chi connectivity index (χ1n) is 11.9. The molecule has 1 amide bonds. The highest BCUT2D eigenvalue weighted by Gasteiger charge is 2.27. The normalized spacial score (nSPS) is 13.4. The molecule has 1 aliphatic rings. The lowest BCUT2D eigenvalue weighted by atomic mass is 9.93. The van der Waals surface area contributed by atoms with Gasteiger partial charge in [-0.25, -0.2) is 4.98 Å². The number of aromatic nitrogens is 2. The first-order valence-corrected chi connectivity index (χ1v) is 11.9. The Morgan fingerprint density at radius 1 is 1.20 bits per heavy atom. The molecule has 35 heavy (non-hydrogen) atoms. The van der Waals surface area contributed by atoms with Crippen LogP contribution in [0.2, 0.25) is 0 Å². The molecule has 4 rings (SSSR count). The highest BCUT2D eigenvalue weighted by molar-refractivity contribution is 5.95. The summed E-state index contributed by atoms with van der Waals surface area (Å²) in [7, 11) is 1.88. The molecule has 3 N–H and O–H groups in total. The van der Waals surface area contributed by atoms with Crippen LogP contribution in [0.3, 0.4) is 0 Å². The summed E-state index contributed by atoms with van der Waals surface area (Å²) in [5, 5.41) is 9.39. The SMILES string of the molecule is CNCCOc1ccccc1C(C)(C)Nc1nccn(-c2cc(C(=O)NC3CC3)ccc2C)c1=O. The summed E-state index contributed by atoms with van der Waals surface area (Å²) < 4.78 is 7.50. The van der Waals surface area contributed by atoms with E-state index in [1.54, 1.807) is 24.5 Å². The fourth-order valence-electron chi connectivity index (χ4n) is 3.93. The number of amides is 1. The molecule has 1 aromatic heterocycles. The molecule has 184 valence electrons. The van der Waals surface area contributed by atoms with Gasteiger partial charge in [-0.2, -0.15) is 0 Å². The van der Waals surface area contributed by atoms with Gasteiger partial charge in [0.05, 0.1) is 11.2 Å². The smallest absolute Gasteiger partial charge is 0.297 e. The van der Waals surface area contributed by atoms with Crippen LogP contribution >= 0.6 is 0 Å². The molecule has 3 aromatic rings. The maximum Gasteiger partial charge on any atom is 0.297 e. The first kappa shape index (κ1) is 24.5. The monoisotopic (exact) mass is 475 g/mol. The molecule has 0 saturated heterocycles. The summed E-state index contributed by atoms with van der Waals surface area (Å²) in [5.41, 5.74) is 2.05. The predicted molar refractivity (Wildman–Crippen MR) is 138 cm³/mol. The predicted octanol–water partition coefficient (Wildman–Crippen LogP) is 3.38. The largest absolute Gasteiger partial charge is 0.492 e. The Balaban J connectivity index is 1.63. The Morgan fingerprint density at radius 2 is 1.97 bits per heavy atom. The van der Waals surface area contributed by atoms with E-state index in [-0.39, 0.29) is 23.3 Å². The third-order valence-electron chi connectivity index (χ3n) is 6.09. The van der Waals surface area contributed by atoms with Crippen molar-refractivity contribution in [3.63, 3.8) is 0 Å². The molecule has 1 saturated carbocycles. The van der Waals surface area contributed by atoms with Gasteiger partial charge in [-0.1, -0.05) is 24.3 Å². The van der Waals surface area contributed by atoms with Crippen molar-refractivity contribution in [3.8, 4) is 11.4 Å². The average Bonchev–Trinajstić information content (AvgIpc) is 3.65. The lowest BCUT2D eigenvalue weighted by Gasteiger charge is -2.29. The van der Waals surface area contributed by atoms with Gasteiger partial charge in [-0.3, -0.25) is 14.2 Å². The second-order valence-corrected chi connectivity index (χ2v) is 9.40. The Morgan fingerprint density at radius 3 is 2.71 bits per heavy atom. The summed E-state index contributed by atoms with van der Waals surface area (Å²) in [6.07, 6.45) is 5.25. The van der Waals surface area contributed by atoms with Crippen molar-refractivity contribution in [1.82, 2.24) is 20.2 Å². The Kier molecular flexibility index (Phi) is 7.21. The van der Waals surface area contributed by atoms with Crippen molar-refractivity contribution in [2.24, 2.45) is 0 Å². The van der Waals surface area contributed by atoms with Crippen molar-refractivity contribution in [2.45, 2.75) is 45.2 Å². The van der Waals surface area contributed by atoms with Gasteiger partial charge in [0.15, 0.2) is 5.82 Å². The second kappa shape index (κ2) is 10.3. The van der Waals surface area contributed by atoms with Gasteiger partial charge >= 0.3 is 0 Å². The van der Waals surface area contributed by atoms with Crippen LogP contribution in [0.1, 0.15) is 48.2 Å². The van der Waals surface area contributed by atoms with Crippen molar-refractivity contribution in [2.75, 3.05) is 25.5 Å². The van der Waals surface area contributed by atoms with Gasteiger partial charge in [0.1, 0.15) is 12.4 Å². The number of para-hydroxylation sites is 1. The fraction of sp³-hybridized carbons (Fsp3) is 0.370. The van der Waals surface area contributed by atoms with Crippen LogP contribution in [0, 0.1) is 6.92 Å². The summed E-state index contributed by atoms with van der Waals surface area (Å²) >= 11 is 0.